The number of rotatable bonds is 6. The number of carboxylic acid groups (broad SMARTS) is 1. The summed E-state index contributed by atoms with van der Waals surface area (Å²) in [5, 5.41) is 26.5. The number of aliphatic carboxylic acids is 1. The minimum Gasteiger partial charge on any atom is -0.548 e. The molecule has 0 aliphatic carbocycles. The van der Waals surface area contributed by atoms with Crippen molar-refractivity contribution in [3.05, 3.63) is 59.2 Å². The maximum atomic E-state index is 11.6. The van der Waals surface area contributed by atoms with E-state index in [1.165, 1.54) is 0 Å². The van der Waals surface area contributed by atoms with Crippen molar-refractivity contribution in [3.8, 4) is 6.07 Å². The first-order valence-electron chi connectivity index (χ1n) is 7.36. The lowest BCUT2D eigenvalue weighted by atomic mass is 10.0. The molecular formula is C18H18N3O2-. The number of carbonyl (C=O) groups is 1. The minimum atomic E-state index is -1.21. The highest BCUT2D eigenvalue weighted by Gasteiger charge is 2.14. The summed E-state index contributed by atoms with van der Waals surface area (Å²) in [4.78, 5) is 11.6. The molecule has 5 heteroatoms. The molecule has 0 heterocycles. The van der Waals surface area contributed by atoms with Crippen molar-refractivity contribution in [1.82, 2.24) is 0 Å². The van der Waals surface area contributed by atoms with Gasteiger partial charge in [0, 0.05) is 17.9 Å². The maximum absolute atomic E-state index is 11.6. The number of nitrogens with one attached hydrogen (secondary N) is 2. The Labute approximate surface area is 135 Å². The van der Waals surface area contributed by atoms with Crippen molar-refractivity contribution >= 4 is 17.3 Å². The molecule has 0 bridgehead atoms. The highest BCUT2D eigenvalue weighted by Crippen LogP contribution is 2.24. The Balaban J connectivity index is 2.31. The second-order valence-corrected chi connectivity index (χ2v) is 5.25. The number of hydrogen-bond donors (Lipinski definition) is 2. The smallest absolute Gasteiger partial charge is 0.0991 e. The summed E-state index contributed by atoms with van der Waals surface area (Å²) in [5.41, 5.74) is 3.59. The second kappa shape index (κ2) is 7.32. The van der Waals surface area contributed by atoms with Crippen LogP contribution in [0, 0.1) is 18.3 Å². The Bertz CT molecular complexity index is 733. The quantitative estimate of drug-likeness (QED) is 0.854. The van der Waals surface area contributed by atoms with E-state index in [0.29, 0.717) is 16.8 Å². The van der Waals surface area contributed by atoms with Crippen molar-refractivity contribution in [1.29, 1.82) is 5.26 Å². The van der Waals surface area contributed by atoms with Gasteiger partial charge in [-0.3, -0.25) is 0 Å². The zero-order chi connectivity index (χ0) is 16.8. The average Bonchev–Trinajstić information content (AvgIpc) is 2.52. The zero-order valence-electron chi connectivity index (χ0n) is 13.1. The average molecular weight is 308 g/mol. The van der Waals surface area contributed by atoms with Crippen molar-refractivity contribution in [3.63, 3.8) is 0 Å². The van der Waals surface area contributed by atoms with Gasteiger partial charge in [-0.05, 0) is 61.4 Å². The van der Waals surface area contributed by atoms with Gasteiger partial charge in [-0.15, -0.1) is 0 Å². The standard InChI is InChI=1S/C18H19N3O2/c1-3-20-16-9-12(2)8-14(10-16)17(18(22)23)21-15-6-4-13(11-19)5-7-15/h4-10,17,20-21H,3H2,1-2H3,(H,22,23)/p-1. The summed E-state index contributed by atoms with van der Waals surface area (Å²) >= 11 is 0. The van der Waals surface area contributed by atoms with E-state index >= 15 is 0 Å². The monoisotopic (exact) mass is 308 g/mol. The fraction of sp³-hybridized carbons (Fsp3) is 0.222. The third kappa shape index (κ3) is 4.24. The summed E-state index contributed by atoms with van der Waals surface area (Å²) < 4.78 is 0. The van der Waals surface area contributed by atoms with Crippen molar-refractivity contribution in [2.75, 3.05) is 17.2 Å². The van der Waals surface area contributed by atoms with E-state index in [1.54, 1.807) is 30.3 Å². The van der Waals surface area contributed by atoms with E-state index in [0.717, 1.165) is 17.8 Å². The molecule has 0 saturated carbocycles. The molecule has 1 unspecified atom stereocenters. The molecule has 0 radical (unpaired) electrons. The normalized spacial score (nSPS) is 11.3. The molecule has 0 fully saturated rings. The lowest BCUT2D eigenvalue weighted by molar-refractivity contribution is -0.307. The summed E-state index contributed by atoms with van der Waals surface area (Å²) in [6.07, 6.45) is 0. The van der Waals surface area contributed by atoms with Crippen LogP contribution < -0.4 is 15.7 Å². The maximum Gasteiger partial charge on any atom is 0.0991 e. The molecule has 2 rings (SSSR count). The Morgan fingerprint density at radius 1 is 1.22 bits per heavy atom. The molecular weight excluding hydrogens is 290 g/mol. The number of hydrogen-bond acceptors (Lipinski definition) is 5. The Hall–Kier alpha value is -3.00. The molecule has 0 amide bonds. The first-order valence-corrected chi connectivity index (χ1v) is 7.36. The molecule has 0 aromatic heterocycles. The third-order valence-electron chi connectivity index (χ3n) is 3.37. The van der Waals surface area contributed by atoms with Crippen LogP contribution >= 0.6 is 0 Å². The first-order chi connectivity index (χ1) is 11.0. The lowest BCUT2D eigenvalue weighted by Crippen LogP contribution is -2.34. The second-order valence-electron chi connectivity index (χ2n) is 5.25. The number of anilines is 2. The first kappa shape index (κ1) is 16.4. The Morgan fingerprint density at radius 3 is 2.48 bits per heavy atom. The van der Waals surface area contributed by atoms with Crippen LogP contribution in [0.25, 0.3) is 0 Å². The van der Waals surface area contributed by atoms with Crippen LogP contribution in [-0.2, 0) is 4.79 Å². The van der Waals surface area contributed by atoms with Crippen molar-refractivity contribution in [2.45, 2.75) is 19.9 Å². The number of nitrogens with zero attached hydrogens (tertiary/aromatic N) is 1. The van der Waals surface area contributed by atoms with Crippen molar-refractivity contribution < 1.29 is 9.90 Å². The van der Waals surface area contributed by atoms with Gasteiger partial charge in [-0.2, -0.15) is 5.26 Å². The van der Waals surface area contributed by atoms with E-state index in [-0.39, 0.29) is 0 Å². The van der Waals surface area contributed by atoms with Gasteiger partial charge in [-0.1, -0.05) is 6.07 Å². The molecule has 118 valence electrons. The Morgan fingerprint density at radius 2 is 1.91 bits per heavy atom. The van der Waals surface area contributed by atoms with E-state index in [9.17, 15) is 9.90 Å². The highest BCUT2D eigenvalue weighted by atomic mass is 16.4. The molecule has 2 aromatic carbocycles. The lowest BCUT2D eigenvalue weighted by Gasteiger charge is -2.22. The summed E-state index contributed by atoms with van der Waals surface area (Å²) in [6.45, 7) is 4.65. The molecule has 5 nitrogen and oxygen atoms in total. The predicted octanol–water partition coefficient (Wildman–Crippen LogP) is 2.20. The van der Waals surface area contributed by atoms with Crippen LogP contribution in [-0.4, -0.2) is 12.5 Å². The van der Waals surface area contributed by atoms with Crippen LogP contribution in [0.4, 0.5) is 11.4 Å². The van der Waals surface area contributed by atoms with Crippen LogP contribution in [0.1, 0.15) is 29.7 Å². The molecule has 0 saturated heterocycles. The van der Waals surface area contributed by atoms with Gasteiger partial charge in [-0.25, -0.2) is 0 Å². The fourth-order valence-electron chi connectivity index (χ4n) is 2.37. The van der Waals surface area contributed by atoms with E-state index < -0.39 is 12.0 Å². The van der Waals surface area contributed by atoms with Gasteiger partial charge < -0.3 is 20.5 Å². The highest BCUT2D eigenvalue weighted by molar-refractivity contribution is 5.78. The number of carboxylic acids is 1. The number of nitriles is 1. The summed E-state index contributed by atoms with van der Waals surface area (Å²) in [6, 6.07) is 13.3. The number of carbonyl (C=O) groups excluding carboxylic acids is 1. The van der Waals surface area contributed by atoms with Crippen LogP contribution in [0.15, 0.2) is 42.5 Å². The SMILES string of the molecule is CCNc1cc(C)cc(C(Nc2ccc(C#N)cc2)C(=O)[O-])c1. The van der Waals surface area contributed by atoms with Gasteiger partial charge in [0.2, 0.25) is 0 Å². The molecule has 0 aliphatic rings. The van der Waals surface area contributed by atoms with Gasteiger partial charge >= 0.3 is 0 Å². The number of aryl methyl sites for hydroxylation is 1. The zero-order valence-corrected chi connectivity index (χ0v) is 13.1. The van der Waals surface area contributed by atoms with E-state index in [1.807, 2.05) is 32.0 Å². The van der Waals surface area contributed by atoms with Crippen molar-refractivity contribution in [2.24, 2.45) is 0 Å². The predicted molar refractivity (Wildman–Crippen MR) is 87.9 cm³/mol. The molecule has 23 heavy (non-hydrogen) atoms. The Kier molecular flexibility index (Phi) is 5.21. The van der Waals surface area contributed by atoms with Gasteiger partial charge in [0.1, 0.15) is 0 Å². The van der Waals surface area contributed by atoms with Gasteiger partial charge in [0.15, 0.2) is 0 Å². The van der Waals surface area contributed by atoms with Crippen LogP contribution in [0.3, 0.4) is 0 Å². The molecule has 0 spiro atoms. The molecule has 2 aromatic rings. The summed E-state index contributed by atoms with van der Waals surface area (Å²) in [5.74, 6) is -1.21. The van der Waals surface area contributed by atoms with E-state index in [4.69, 9.17) is 5.26 Å². The van der Waals surface area contributed by atoms with Crippen LogP contribution in [0.2, 0.25) is 0 Å². The van der Waals surface area contributed by atoms with Gasteiger partial charge in [0.25, 0.3) is 0 Å². The third-order valence-corrected chi connectivity index (χ3v) is 3.37. The molecule has 0 aliphatic heterocycles. The minimum absolute atomic E-state index is 0.519. The number of benzene rings is 2. The van der Waals surface area contributed by atoms with Gasteiger partial charge in [0.05, 0.1) is 23.6 Å². The topological polar surface area (TPSA) is 88.0 Å². The largest absolute Gasteiger partial charge is 0.548 e. The molecule has 2 N–H and O–H groups in total. The van der Waals surface area contributed by atoms with E-state index in [2.05, 4.69) is 10.6 Å². The molecule has 1 atom stereocenters. The summed E-state index contributed by atoms with van der Waals surface area (Å²) in [7, 11) is 0. The fourth-order valence-corrected chi connectivity index (χ4v) is 2.37. The van der Waals surface area contributed by atoms with Crippen LogP contribution in [0.5, 0.6) is 0 Å².